The first-order valence-electron chi connectivity index (χ1n) is 11.0. The summed E-state index contributed by atoms with van der Waals surface area (Å²) in [6, 6.07) is 5.99. The molecule has 156 valence electrons. The molecule has 2 atom stereocenters. The van der Waals surface area contributed by atoms with Crippen LogP contribution in [0.5, 0.6) is 0 Å². The monoisotopic (exact) mass is 404 g/mol. The summed E-state index contributed by atoms with van der Waals surface area (Å²) in [6.45, 7) is 10.0. The zero-order valence-electron chi connectivity index (χ0n) is 17.5. The molecule has 0 radical (unpaired) electrons. The fraction of sp³-hybridized carbons (Fsp3) is 0.696. The van der Waals surface area contributed by atoms with E-state index in [2.05, 4.69) is 42.8 Å². The molecule has 1 aromatic rings. The van der Waals surface area contributed by atoms with Crippen molar-refractivity contribution in [2.45, 2.75) is 56.8 Å². The van der Waals surface area contributed by atoms with E-state index in [-0.39, 0.29) is 5.91 Å². The summed E-state index contributed by atoms with van der Waals surface area (Å²) in [5, 5.41) is 3.16. The fourth-order valence-corrected chi connectivity index (χ4v) is 5.12. The molecule has 2 heterocycles. The van der Waals surface area contributed by atoms with Crippen LogP contribution < -0.4 is 5.32 Å². The van der Waals surface area contributed by atoms with Crippen LogP contribution in [-0.4, -0.2) is 50.2 Å². The Morgan fingerprint density at radius 2 is 1.86 bits per heavy atom. The Morgan fingerprint density at radius 3 is 2.43 bits per heavy atom. The van der Waals surface area contributed by atoms with Crippen LogP contribution in [0.25, 0.3) is 0 Å². The third-order valence-corrected chi connectivity index (χ3v) is 6.71. The van der Waals surface area contributed by atoms with E-state index in [1.54, 1.807) is 0 Å². The average molecular weight is 405 g/mol. The summed E-state index contributed by atoms with van der Waals surface area (Å²) < 4.78 is 5.01. The molecule has 4 nitrogen and oxygen atoms in total. The Hall–Kier alpha value is -1.04. The lowest BCUT2D eigenvalue weighted by Crippen LogP contribution is -2.44. The van der Waals surface area contributed by atoms with Crippen molar-refractivity contribution in [1.29, 1.82) is 0 Å². The molecule has 3 fully saturated rings. The average Bonchev–Trinajstić information content (AvgIpc) is 2.74. The zero-order valence-corrected chi connectivity index (χ0v) is 18.3. The number of nitrogens with zero attached hydrogens (tertiary/aromatic N) is 1. The van der Waals surface area contributed by atoms with Gasteiger partial charge < -0.3 is 15.0 Å². The van der Waals surface area contributed by atoms with E-state index in [1.165, 1.54) is 37.7 Å². The highest BCUT2D eigenvalue weighted by Gasteiger charge is 2.33. The van der Waals surface area contributed by atoms with Crippen LogP contribution in [0.2, 0.25) is 0 Å². The van der Waals surface area contributed by atoms with Gasteiger partial charge in [-0.15, -0.1) is 12.6 Å². The summed E-state index contributed by atoms with van der Waals surface area (Å²) in [7, 11) is 0. The van der Waals surface area contributed by atoms with E-state index in [0.29, 0.717) is 5.92 Å². The van der Waals surface area contributed by atoms with Gasteiger partial charge >= 0.3 is 0 Å². The molecule has 0 spiro atoms. The Labute approximate surface area is 175 Å². The molecule has 1 aliphatic carbocycles. The first-order valence-corrected chi connectivity index (χ1v) is 11.4. The number of nitrogens with one attached hydrogen (secondary N) is 1. The molecule has 0 bridgehead atoms. The van der Waals surface area contributed by atoms with E-state index in [4.69, 9.17) is 4.74 Å². The molecule has 4 rings (SSSR count). The highest BCUT2D eigenvalue weighted by Crippen LogP contribution is 2.36. The first kappa shape index (κ1) is 21.7. The van der Waals surface area contributed by atoms with Gasteiger partial charge in [-0.3, -0.25) is 4.79 Å². The van der Waals surface area contributed by atoms with E-state index in [0.717, 1.165) is 61.7 Å². The number of carbonyl (C=O) groups excluding carboxylic acids is 1. The molecule has 1 amide bonds. The summed E-state index contributed by atoms with van der Waals surface area (Å²) >= 11 is 4.57. The lowest BCUT2D eigenvalue weighted by atomic mass is 9.75. The van der Waals surface area contributed by atoms with Crippen molar-refractivity contribution in [3.05, 3.63) is 29.3 Å². The minimum atomic E-state index is 0.189. The van der Waals surface area contributed by atoms with Crippen molar-refractivity contribution in [3.63, 3.8) is 0 Å². The molecule has 2 unspecified atom stereocenters. The van der Waals surface area contributed by atoms with E-state index < -0.39 is 0 Å². The van der Waals surface area contributed by atoms with E-state index in [9.17, 15) is 4.79 Å². The standard InChI is InChI=1S/C19H27NOS.C4H9NO/c1-13(2)17-8-7-15(11-18(17)22)19(21)20-10-9-14-5-3-4-6-16(14)12-20;1-3-6-4-2-5-1/h7-8,11,13-14,16,22H,3-6,9-10,12H2,1-2H3;5H,1-4H2. The van der Waals surface area contributed by atoms with Gasteiger partial charge in [-0.05, 0) is 48.3 Å². The van der Waals surface area contributed by atoms with Crippen molar-refractivity contribution in [1.82, 2.24) is 10.2 Å². The molecule has 1 saturated carbocycles. The van der Waals surface area contributed by atoms with E-state index in [1.807, 2.05) is 12.1 Å². The molecular formula is C23H36N2O2S. The quantitative estimate of drug-likeness (QED) is 0.720. The topological polar surface area (TPSA) is 41.6 Å². The number of hydrogen-bond acceptors (Lipinski definition) is 4. The van der Waals surface area contributed by atoms with Gasteiger partial charge in [-0.25, -0.2) is 0 Å². The molecule has 5 heteroatoms. The smallest absolute Gasteiger partial charge is 0.253 e. The predicted molar refractivity (Wildman–Crippen MR) is 117 cm³/mol. The third-order valence-electron chi connectivity index (χ3n) is 6.32. The second-order valence-electron chi connectivity index (χ2n) is 8.64. The van der Waals surface area contributed by atoms with Crippen LogP contribution >= 0.6 is 12.6 Å². The number of amides is 1. The van der Waals surface area contributed by atoms with Gasteiger partial charge in [0.15, 0.2) is 0 Å². The number of ether oxygens (including phenoxy) is 1. The van der Waals surface area contributed by atoms with Gasteiger partial charge in [0.05, 0.1) is 13.2 Å². The molecule has 1 aromatic carbocycles. The Balaban J connectivity index is 0.000000320. The number of piperidine rings is 1. The van der Waals surface area contributed by atoms with Gasteiger partial charge in [0.2, 0.25) is 0 Å². The maximum Gasteiger partial charge on any atom is 0.253 e. The minimum Gasteiger partial charge on any atom is -0.379 e. The van der Waals surface area contributed by atoms with Crippen LogP contribution in [0, 0.1) is 11.8 Å². The SMILES string of the molecule is C1COCCN1.CC(C)c1ccc(C(=O)N2CCC3CCCCC3C2)cc1S. The molecule has 1 N–H and O–H groups in total. The van der Waals surface area contributed by atoms with Crippen LogP contribution in [0.15, 0.2) is 23.1 Å². The summed E-state index contributed by atoms with van der Waals surface area (Å²) in [4.78, 5) is 15.8. The van der Waals surface area contributed by atoms with Gasteiger partial charge in [-0.2, -0.15) is 0 Å². The normalized spacial score (nSPS) is 24.9. The Morgan fingerprint density at radius 1 is 1.14 bits per heavy atom. The second-order valence-corrected chi connectivity index (χ2v) is 9.12. The maximum absolute atomic E-state index is 12.8. The number of thiol groups is 1. The first-order chi connectivity index (χ1) is 13.6. The highest BCUT2D eigenvalue weighted by molar-refractivity contribution is 7.80. The molecule has 3 aliphatic rings. The van der Waals surface area contributed by atoms with Crippen molar-refractivity contribution >= 4 is 18.5 Å². The lowest BCUT2D eigenvalue weighted by Gasteiger charge is -2.41. The van der Waals surface area contributed by atoms with Crippen molar-refractivity contribution in [3.8, 4) is 0 Å². The van der Waals surface area contributed by atoms with Gasteiger partial charge in [0.1, 0.15) is 0 Å². The van der Waals surface area contributed by atoms with Crippen molar-refractivity contribution in [2.75, 3.05) is 39.4 Å². The van der Waals surface area contributed by atoms with E-state index >= 15 is 0 Å². The summed E-state index contributed by atoms with van der Waals surface area (Å²) in [5.74, 6) is 2.22. The molecule has 2 aliphatic heterocycles. The van der Waals surface area contributed by atoms with Crippen molar-refractivity contribution in [2.24, 2.45) is 11.8 Å². The Kier molecular flexibility index (Phi) is 8.24. The lowest BCUT2D eigenvalue weighted by molar-refractivity contribution is 0.0520. The third kappa shape index (κ3) is 5.74. The van der Waals surface area contributed by atoms with Crippen LogP contribution in [0.3, 0.4) is 0 Å². The van der Waals surface area contributed by atoms with Crippen LogP contribution in [-0.2, 0) is 4.74 Å². The number of benzene rings is 1. The van der Waals surface area contributed by atoms with Gasteiger partial charge in [0, 0.05) is 36.6 Å². The van der Waals surface area contributed by atoms with Gasteiger partial charge in [0.25, 0.3) is 5.91 Å². The minimum absolute atomic E-state index is 0.189. The number of rotatable bonds is 2. The fourth-order valence-electron chi connectivity index (χ4n) is 4.65. The molecular weight excluding hydrogens is 368 g/mol. The summed E-state index contributed by atoms with van der Waals surface area (Å²) in [5.41, 5.74) is 2.01. The molecule has 0 aromatic heterocycles. The maximum atomic E-state index is 12.8. The number of likely N-dealkylation sites (tertiary alicyclic amines) is 1. The molecule has 28 heavy (non-hydrogen) atoms. The largest absolute Gasteiger partial charge is 0.379 e. The van der Waals surface area contributed by atoms with Crippen molar-refractivity contribution < 1.29 is 9.53 Å². The van der Waals surface area contributed by atoms with Crippen LogP contribution in [0.1, 0.15) is 67.8 Å². The zero-order chi connectivity index (χ0) is 19.9. The number of morpholine rings is 1. The Bertz CT molecular complexity index is 634. The van der Waals surface area contributed by atoms with Crippen LogP contribution in [0.4, 0.5) is 0 Å². The highest BCUT2D eigenvalue weighted by atomic mass is 32.1. The number of hydrogen-bond donors (Lipinski definition) is 2. The second kappa shape index (κ2) is 10.7. The molecule has 2 saturated heterocycles. The number of carbonyl (C=O) groups is 1. The number of fused-ring (bicyclic) bond motifs is 1. The predicted octanol–water partition coefficient (Wildman–Crippen LogP) is 4.36. The summed E-state index contributed by atoms with van der Waals surface area (Å²) in [6.07, 6.45) is 6.59. The van der Waals surface area contributed by atoms with Gasteiger partial charge in [-0.1, -0.05) is 39.2 Å².